The van der Waals surface area contributed by atoms with Crippen LogP contribution >= 0.6 is 0 Å². The van der Waals surface area contributed by atoms with Crippen LogP contribution in [0.2, 0.25) is 0 Å². The standard InChI is InChI=1S/C23H24N2O2/c1-27-21-8-2-5-19(14-21)23(26)20-7-4-12-25(16-20)15-17-9-10-22-18(13-17)6-3-11-24-22/h2-3,5-6,8-11,13-14,20H,4,7,12,15-16H2,1H3. The highest BCUT2D eigenvalue weighted by Gasteiger charge is 2.26. The fourth-order valence-electron chi connectivity index (χ4n) is 3.91. The van der Waals surface area contributed by atoms with E-state index < -0.39 is 0 Å². The predicted octanol–water partition coefficient (Wildman–Crippen LogP) is 4.34. The lowest BCUT2D eigenvalue weighted by molar-refractivity contribution is 0.0811. The zero-order valence-electron chi connectivity index (χ0n) is 15.6. The Labute approximate surface area is 159 Å². The Morgan fingerprint density at radius 2 is 2.11 bits per heavy atom. The first-order valence-corrected chi connectivity index (χ1v) is 9.47. The van der Waals surface area contributed by atoms with Crippen molar-refractivity contribution in [2.75, 3.05) is 20.2 Å². The highest BCUT2D eigenvalue weighted by atomic mass is 16.5. The van der Waals surface area contributed by atoms with Gasteiger partial charge in [-0.3, -0.25) is 14.7 Å². The third-order valence-electron chi connectivity index (χ3n) is 5.30. The van der Waals surface area contributed by atoms with Crippen LogP contribution in [-0.2, 0) is 6.54 Å². The molecular weight excluding hydrogens is 336 g/mol. The quantitative estimate of drug-likeness (QED) is 0.635. The van der Waals surface area contributed by atoms with Gasteiger partial charge < -0.3 is 4.74 Å². The Morgan fingerprint density at radius 3 is 3.00 bits per heavy atom. The van der Waals surface area contributed by atoms with Crippen LogP contribution in [0.15, 0.2) is 60.8 Å². The number of ether oxygens (including phenoxy) is 1. The van der Waals surface area contributed by atoms with Crippen LogP contribution in [0.5, 0.6) is 5.75 Å². The summed E-state index contributed by atoms with van der Waals surface area (Å²) in [5.74, 6) is 1.01. The van der Waals surface area contributed by atoms with Crippen LogP contribution in [0.1, 0.15) is 28.8 Å². The first-order valence-electron chi connectivity index (χ1n) is 9.47. The lowest BCUT2D eigenvalue weighted by Crippen LogP contribution is -2.38. The summed E-state index contributed by atoms with van der Waals surface area (Å²) in [6.45, 7) is 2.71. The number of carbonyl (C=O) groups excluding carboxylic acids is 1. The number of hydrogen-bond donors (Lipinski definition) is 0. The minimum atomic E-state index is 0.0491. The average Bonchev–Trinajstić information content (AvgIpc) is 2.73. The summed E-state index contributed by atoms with van der Waals surface area (Å²) >= 11 is 0. The van der Waals surface area contributed by atoms with Crippen molar-refractivity contribution in [3.8, 4) is 5.75 Å². The van der Waals surface area contributed by atoms with Crippen molar-refractivity contribution in [1.29, 1.82) is 0 Å². The number of benzene rings is 2. The van der Waals surface area contributed by atoms with Gasteiger partial charge in [0.05, 0.1) is 12.6 Å². The zero-order chi connectivity index (χ0) is 18.6. The van der Waals surface area contributed by atoms with Gasteiger partial charge in [0.2, 0.25) is 0 Å². The van der Waals surface area contributed by atoms with Crippen LogP contribution < -0.4 is 4.74 Å². The fourth-order valence-corrected chi connectivity index (χ4v) is 3.91. The molecule has 4 nitrogen and oxygen atoms in total. The van der Waals surface area contributed by atoms with E-state index in [0.29, 0.717) is 0 Å². The Morgan fingerprint density at radius 1 is 1.19 bits per heavy atom. The molecule has 1 aliphatic heterocycles. The Bertz CT molecular complexity index is 954. The summed E-state index contributed by atoms with van der Waals surface area (Å²) in [5, 5.41) is 1.16. The van der Waals surface area contributed by atoms with Gasteiger partial charge in [-0.15, -0.1) is 0 Å². The van der Waals surface area contributed by atoms with E-state index in [4.69, 9.17) is 4.74 Å². The second-order valence-electron chi connectivity index (χ2n) is 7.20. The van der Waals surface area contributed by atoms with Gasteiger partial charge in [-0.25, -0.2) is 0 Å². The molecule has 2 aromatic carbocycles. The van der Waals surface area contributed by atoms with Crippen LogP contribution in [0, 0.1) is 5.92 Å². The van der Waals surface area contributed by atoms with Gasteiger partial charge in [0.1, 0.15) is 5.75 Å². The molecule has 0 bridgehead atoms. The maximum Gasteiger partial charge on any atom is 0.167 e. The molecule has 0 N–H and O–H groups in total. The van der Waals surface area contributed by atoms with Gasteiger partial charge in [-0.1, -0.05) is 24.3 Å². The monoisotopic (exact) mass is 360 g/mol. The van der Waals surface area contributed by atoms with E-state index in [2.05, 4.69) is 34.1 Å². The molecule has 1 aliphatic rings. The number of rotatable bonds is 5. The molecule has 3 aromatic rings. The normalized spacial score (nSPS) is 17.7. The number of Topliss-reactive ketones (excluding diaryl/α,β-unsaturated/α-hetero) is 1. The van der Waals surface area contributed by atoms with E-state index in [1.165, 1.54) is 5.56 Å². The molecule has 1 saturated heterocycles. The first kappa shape index (κ1) is 17.7. The number of methoxy groups -OCH3 is 1. The third-order valence-corrected chi connectivity index (χ3v) is 5.30. The van der Waals surface area contributed by atoms with Crippen molar-refractivity contribution in [2.45, 2.75) is 19.4 Å². The lowest BCUT2D eigenvalue weighted by atomic mass is 9.89. The number of hydrogen-bond acceptors (Lipinski definition) is 4. The van der Waals surface area contributed by atoms with E-state index >= 15 is 0 Å². The molecule has 1 atom stereocenters. The summed E-state index contributed by atoms with van der Waals surface area (Å²) < 4.78 is 5.26. The summed E-state index contributed by atoms with van der Waals surface area (Å²) in [6, 6.07) is 18.0. The van der Waals surface area contributed by atoms with Crippen molar-refractivity contribution in [2.24, 2.45) is 5.92 Å². The molecule has 0 spiro atoms. The second-order valence-corrected chi connectivity index (χ2v) is 7.20. The molecule has 4 heteroatoms. The molecular formula is C23H24N2O2. The topological polar surface area (TPSA) is 42.4 Å². The SMILES string of the molecule is COc1cccc(C(=O)C2CCCN(Cc3ccc4ncccc4c3)C2)c1. The van der Waals surface area contributed by atoms with E-state index in [1.54, 1.807) is 7.11 Å². The Kier molecular flexibility index (Phi) is 5.16. The maximum atomic E-state index is 13.0. The van der Waals surface area contributed by atoms with Crippen LogP contribution in [-0.4, -0.2) is 35.9 Å². The first-order chi connectivity index (χ1) is 13.2. The zero-order valence-corrected chi connectivity index (χ0v) is 15.6. The molecule has 27 heavy (non-hydrogen) atoms. The summed E-state index contributed by atoms with van der Waals surface area (Å²) in [4.78, 5) is 19.7. The highest BCUT2D eigenvalue weighted by Crippen LogP contribution is 2.24. The average molecular weight is 360 g/mol. The molecule has 0 amide bonds. The van der Waals surface area contributed by atoms with Gasteiger partial charge in [-0.2, -0.15) is 0 Å². The number of pyridine rings is 1. The number of ketones is 1. The highest BCUT2D eigenvalue weighted by molar-refractivity contribution is 5.98. The molecule has 2 heterocycles. The number of fused-ring (bicyclic) bond motifs is 1. The molecule has 4 rings (SSSR count). The number of likely N-dealkylation sites (tertiary alicyclic amines) is 1. The predicted molar refractivity (Wildman–Crippen MR) is 107 cm³/mol. The van der Waals surface area contributed by atoms with Crippen molar-refractivity contribution >= 4 is 16.7 Å². The van der Waals surface area contributed by atoms with E-state index in [9.17, 15) is 4.79 Å². The van der Waals surface area contributed by atoms with E-state index in [0.717, 1.165) is 54.7 Å². The fraction of sp³-hybridized carbons (Fsp3) is 0.304. The molecule has 138 valence electrons. The van der Waals surface area contributed by atoms with E-state index in [1.807, 2.05) is 36.5 Å². The van der Waals surface area contributed by atoms with Crippen molar-refractivity contribution in [3.05, 3.63) is 71.9 Å². The largest absolute Gasteiger partial charge is 0.497 e. The van der Waals surface area contributed by atoms with Gasteiger partial charge in [0.15, 0.2) is 5.78 Å². The number of piperidine rings is 1. The Hall–Kier alpha value is -2.72. The summed E-state index contributed by atoms with van der Waals surface area (Å²) in [6.07, 6.45) is 3.82. The molecule has 1 aromatic heterocycles. The van der Waals surface area contributed by atoms with Crippen LogP contribution in [0.4, 0.5) is 0 Å². The summed E-state index contributed by atoms with van der Waals surface area (Å²) in [5.41, 5.74) is 3.04. The van der Waals surface area contributed by atoms with Crippen molar-refractivity contribution in [1.82, 2.24) is 9.88 Å². The Balaban J connectivity index is 1.46. The van der Waals surface area contributed by atoms with Crippen molar-refractivity contribution in [3.63, 3.8) is 0 Å². The van der Waals surface area contributed by atoms with Crippen LogP contribution in [0.25, 0.3) is 10.9 Å². The number of carbonyl (C=O) groups is 1. The molecule has 1 unspecified atom stereocenters. The molecule has 1 fully saturated rings. The lowest BCUT2D eigenvalue weighted by Gasteiger charge is -2.32. The number of aromatic nitrogens is 1. The van der Waals surface area contributed by atoms with Gasteiger partial charge in [-0.05, 0) is 55.3 Å². The molecule has 0 saturated carbocycles. The maximum absolute atomic E-state index is 13.0. The number of nitrogens with zero attached hydrogens (tertiary/aromatic N) is 2. The van der Waals surface area contributed by atoms with Gasteiger partial charge in [0.25, 0.3) is 0 Å². The van der Waals surface area contributed by atoms with Gasteiger partial charge >= 0.3 is 0 Å². The van der Waals surface area contributed by atoms with E-state index in [-0.39, 0.29) is 11.7 Å². The molecule has 0 radical (unpaired) electrons. The smallest absolute Gasteiger partial charge is 0.167 e. The van der Waals surface area contributed by atoms with Crippen LogP contribution in [0.3, 0.4) is 0 Å². The minimum Gasteiger partial charge on any atom is -0.497 e. The van der Waals surface area contributed by atoms with Gasteiger partial charge in [0, 0.05) is 36.2 Å². The van der Waals surface area contributed by atoms with Crippen molar-refractivity contribution < 1.29 is 9.53 Å². The molecule has 0 aliphatic carbocycles. The minimum absolute atomic E-state index is 0.0491. The third kappa shape index (κ3) is 4.01. The second kappa shape index (κ2) is 7.89. The summed E-state index contributed by atoms with van der Waals surface area (Å²) in [7, 11) is 1.63.